The zero-order valence-electron chi connectivity index (χ0n) is 18.4. The van der Waals surface area contributed by atoms with Crippen molar-refractivity contribution in [1.29, 1.82) is 0 Å². The van der Waals surface area contributed by atoms with E-state index in [1.165, 1.54) is 5.56 Å². The van der Waals surface area contributed by atoms with E-state index in [1.807, 2.05) is 26.8 Å². The van der Waals surface area contributed by atoms with Crippen LogP contribution in [-0.2, 0) is 10.3 Å². The van der Waals surface area contributed by atoms with E-state index in [4.69, 9.17) is 0 Å². The second-order valence-corrected chi connectivity index (χ2v) is 10.1. The van der Waals surface area contributed by atoms with Crippen molar-refractivity contribution in [2.24, 2.45) is 11.3 Å². The number of carboxylic acids is 1. The van der Waals surface area contributed by atoms with Crippen LogP contribution in [0.5, 0.6) is 0 Å². The van der Waals surface area contributed by atoms with Gasteiger partial charge >= 0.3 is 12.0 Å². The molecule has 1 heterocycles. The molecule has 1 saturated heterocycles. The number of benzene rings is 1. The fourth-order valence-corrected chi connectivity index (χ4v) is 5.04. The van der Waals surface area contributed by atoms with Crippen molar-refractivity contribution in [2.45, 2.75) is 57.5 Å². The van der Waals surface area contributed by atoms with Crippen molar-refractivity contribution in [3.05, 3.63) is 35.9 Å². The van der Waals surface area contributed by atoms with Gasteiger partial charge in [-0.2, -0.15) is 0 Å². The molecule has 1 saturated carbocycles. The maximum absolute atomic E-state index is 12.7. The first-order chi connectivity index (χ1) is 13.5. The third kappa shape index (κ3) is 4.13. The van der Waals surface area contributed by atoms with E-state index in [-0.39, 0.29) is 23.7 Å². The summed E-state index contributed by atoms with van der Waals surface area (Å²) in [5, 5.41) is 12.9. The van der Waals surface area contributed by atoms with Crippen LogP contribution in [0.2, 0.25) is 0 Å². The Balaban J connectivity index is 1.74. The lowest BCUT2D eigenvalue weighted by molar-refractivity contribution is -0.146. The van der Waals surface area contributed by atoms with E-state index in [2.05, 4.69) is 48.6 Å². The van der Waals surface area contributed by atoms with Crippen LogP contribution in [-0.4, -0.2) is 59.6 Å². The van der Waals surface area contributed by atoms with Crippen LogP contribution in [0.1, 0.15) is 52.0 Å². The second-order valence-electron chi connectivity index (χ2n) is 10.1. The number of urea groups is 1. The van der Waals surface area contributed by atoms with Crippen LogP contribution in [0.3, 0.4) is 0 Å². The molecule has 1 spiro atoms. The largest absolute Gasteiger partial charge is 0.481 e. The summed E-state index contributed by atoms with van der Waals surface area (Å²) in [5.41, 5.74) is 0.632. The number of amides is 2. The molecule has 0 radical (unpaired) electrons. The number of carbonyl (C=O) groups excluding carboxylic acids is 1. The van der Waals surface area contributed by atoms with Crippen molar-refractivity contribution in [1.82, 2.24) is 15.1 Å². The summed E-state index contributed by atoms with van der Waals surface area (Å²) in [6, 6.07) is 10.5. The Hall–Kier alpha value is -2.08. The summed E-state index contributed by atoms with van der Waals surface area (Å²) in [4.78, 5) is 28.5. The van der Waals surface area contributed by atoms with E-state index in [1.54, 1.807) is 4.90 Å². The highest BCUT2D eigenvalue weighted by atomic mass is 16.4. The normalized spacial score (nSPS) is 28.6. The minimum atomic E-state index is -0.842. The van der Waals surface area contributed by atoms with E-state index < -0.39 is 17.3 Å². The van der Waals surface area contributed by atoms with Gasteiger partial charge in [-0.25, -0.2) is 4.79 Å². The number of aliphatic carboxylic acids is 1. The molecular weight excluding hydrogens is 366 g/mol. The number of carboxylic acid groups (broad SMARTS) is 1. The Morgan fingerprint density at radius 2 is 1.76 bits per heavy atom. The topological polar surface area (TPSA) is 72.9 Å². The predicted molar refractivity (Wildman–Crippen MR) is 114 cm³/mol. The van der Waals surface area contributed by atoms with Gasteiger partial charge in [0, 0.05) is 18.6 Å². The van der Waals surface area contributed by atoms with Crippen molar-refractivity contribution < 1.29 is 14.7 Å². The van der Waals surface area contributed by atoms with Crippen molar-refractivity contribution >= 4 is 12.0 Å². The first-order valence-corrected chi connectivity index (χ1v) is 10.5. The van der Waals surface area contributed by atoms with E-state index in [0.29, 0.717) is 6.54 Å². The molecule has 2 aliphatic rings. The van der Waals surface area contributed by atoms with Gasteiger partial charge in [-0.1, -0.05) is 51.1 Å². The van der Waals surface area contributed by atoms with Crippen LogP contribution >= 0.6 is 0 Å². The van der Waals surface area contributed by atoms with Crippen molar-refractivity contribution in [2.75, 3.05) is 27.2 Å². The Bertz CT molecular complexity index is 746. The summed E-state index contributed by atoms with van der Waals surface area (Å²) in [6.45, 7) is 6.60. The van der Waals surface area contributed by atoms with Crippen LogP contribution in [0, 0.1) is 11.3 Å². The summed E-state index contributed by atoms with van der Waals surface area (Å²) >= 11 is 0. The number of hydrogen-bond donors (Lipinski definition) is 2. The van der Waals surface area contributed by atoms with Gasteiger partial charge in [0.25, 0.3) is 0 Å². The first-order valence-electron chi connectivity index (χ1n) is 10.5. The lowest BCUT2D eigenvalue weighted by Gasteiger charge is -2.48. The third-order valence-corrected chi connectivity index (χ3v) is 7.10. The van der Waals surface area contributed by atoms with Gasteiger partial charge in [0.1, 0.15) is 0 Å². The Morgan fingerprint density at radius 3 is 2.24 bits per heavy atom. The molecule has 2 N–H and O–H groups in total. The average Bonchev–Trinajstić information content (AvgIpc) is 2.95. The lowest BCUT2D eigenvalue weighted by Crippen LogP contribution is -2.54. The van der Waals surface area contributed by atoms with E-state index >= 15 is 0 Å². The SMILES string of the molecule is CN(C)C1(c2ccccc2)CCC2(CC1)CN(CC(C(=O)O)C(C)(C)C)C(=O)N2. The van der Waals surface area contributed by atoms with Gasteiger partial charge in [-0.3, -0.25) is 9.69 Å². The average molecular weight is 402 g/mol. The predicted octanol–water partition coefficient (Wildman–Crippen LogP) is 3.53. The molecule has 1 unspecified atom stereocenters. The monoisotopic (exact) mass is 401 g/mol. The highest BCUT2D eigenvalue weighted by molar-refractivity contribution is 5.79. The van der Waals surface area contributed by atoms with Crippen LogP contribution in [0.25, 0.3) is 0 Å². The van der Waals surface area contributed by atoms with Crippen LogP contribution < -0.4 is 5.32 Å². The Kier molecular flexibility index (Phi) is 5.69. The summed E-state index contributed by atoms with van der Waals surface area (Å²) < 4.78 is 0. The molecule has 1 aromatic carbocycles. The van der Waals surface area contributed by atoms with Gasteiger partial charge in [0.15, 0.2) is 0 Å². The molecule has 2 fully saturated rings. The minimum absolute atomic E-state index is 0.0281. The van der Waals surface area contributed by atoms with Crippen molar-refractivity contribution in [3.8, 4) is 0 Å². The van der Waals surface area contributed by atoms with Gasteiger partial charge in [0.2, 0.25) is 0 Å². The highest BCUT2D eigenvalue weighted by Gasteiger charge is 2.50. The molecule has 0 bridgehead atoms. The molecule has 0 aromatic heterocycles. The molecule has 160 valence electrons. The first kappa shape index (κ1) is 21.6. The lowest BCUT2D eigenvalue weighted by atomic mass is 9.69. The van der Waals surface area contributed by atoms with Crippen molar-refractivity contribution in [3.63, 3.8) is 0 Å². The van der Waals surface area contributed by atoms with Crippen LogP contribution in [0.4, 0.5) is 4.79 Å². The molecule has 1 aromatic rings. The molecular formula is C23H35N3O3. The van der Waals surface area contributed by atoms with Gasteiger partial charge < -0.3 is 15.3 Å². The maximum Gasteiger partial charge on any atom is 0.317 e. The fraction of sp³-hybridized carbons (Fsp3) is 0.652. The maximum atomic E-state index is 12.7. The fourth-order valence-electron chi connectivity index (χ4n) is 5.04. The second kappa shape index (κ2) is 7.63. The van der Waals surface area contributed by atoms with Crippen LogP contribution in [0.15, 0.2) is 30.3 Å². The summed E-state index contributed by atoms with van der Waals surface area (Å²) in [7, 11) is 4.26. The zero-order valence-corrected chi connectivity index (χ0v) is 18.4. The third-order valence-electron chi connectivity index (χ3n) is 7.10. The number of nitrogens with zero attached hydrogens (tertiary/aromatic N) is 2. The molecule has 29 heavy (non-hydrogen) atoms. The molecule has 1 aliphatic heterocycles. The van der Waals surface area contributed by atoms with E-state index in [0.717, 1.165) is 25.7 Å². The van der Waals surface area contributed by atoms with Gasteiger partial charge in [0.05, 0.1) is 11.5 Å². The zero-order chi connectivity index (χ0) is 21.4. The number of rotatable bonds is 5. The van der Waals surface area contributed by atoms with Gasteiger partial charge in [-0.15, -0.1) is 0 Å². The minimum Gasteiger partial charge on any atom is -0.481 e. The summed E-state index contributed by atoms with van der Waals surface area (Å²) in [6.07, 6.45) is 3.69. The molecule has 2 amide bonds. The molecule has 3 rings (SSSR count). The highest BCUT2D eigenvalue weighted by Crippen LogP contribution is 2.46. The molecule has 6 nitrogen and oxygen atoms in total. The Labute approximate surface area is 174 Å². The van der Waals surface area contributed by atoms with E-state index in [9.17, 15) is 14.7 Å². The quantitative estimate of drug-likeness (QED) is 0.792. The standard InChI is InChI=1S/C23H35N3O3/c1-21(2,3)18(19(27)28)15-26-16-22(24-20(26)29)11-13-23(14-12-22,25(4)5)17-9-7-6-8-10-17/h6-10,18H,11-16H2,1-5H3,(H,24,29)(H,27,28). The molecule has 1 atom stereocenters. The summed E-state index contributed by atoms with van der Waals surface area (Å²) in [5.74, 6) is -1.43. The number of nitrogens with one attached hydrogen (secondary N) is 1. The number of carbonyl (C=O) groups is 2. The van der Waals surface area contributed by atoms with Gasteiger partial charge in [-0.05, 0) is 50.8 Å². The molecule has 1 aliphatic carbocycles. The smallest absolute Gasteiger partial charge is 0.317 e. The number of hydrogen-bond acceptors (Lipinski definition) is 3. The Morgan fingerprint density at radius 1 is 1.17 bits per heavy atom. The molecule has 6 heteroatoms.